The van der Waals surface area contributed by atoms with Crippen LogP contribution in [0.1, 0.15) is 39.0 Å². The second-order valence-electron chi connectivity index (χ2n) is 4.67. The third kappa shape index (κ3) is 2.51. The van der Waals surface area contributed by atoms with Crippen molar-refractivity contribution in [2.45, 2.75) is 45.1 Å². The smallest absolute Gasteiger partial charge is 0.310 e. The summed E-state index contributed by atoms with van der Waals surface area (Å²) in [5.41, 5.74) is 0. The van der Waals surface area contributed by atoms with Gasteiger partial charge in [-0.05, 0) is 39.2 Å². The average molecular weight is 211 g/mol. The molecule has 3 nitrogen and oxygen atoms in total. The summed E-state index contributed by atoms with van der Waals surface area (Å²) >= 11 is 0. The second kappa shape index (κ2) is 4.97. The van der Waals surface area contributed by atoms with Crippen LogP contribution in [0, 0.1) is 5.92 Å². The number of fused-ring (bicyclic) bond motifs is 1. The Hall–Kier alpha value is -0.570. The largest absolute Gasteiger partial charge is 0.466 e. The Morgan fingerprint density at radius 3 is 3.00 bits per heavy atom. The SMILES string of the molecule is CCOC(=O)[C@H]1CC[C@H]2CCCCN2C1. The van der Waals surface area contributed by atoms with Crippen molar-refractivity contribution in [3.8, 4) is 0 Å². The van der Waals surface area contributed by atoms with Crippen LogP contribution in [0.4, 0.5) is 0 Å². The molecule has 3 heteroatoms. The number of hydrogen-bond donors (Lipinski definition) is 0. The molecule has 0 saturated carbocycles. The summed E-state index contributed by atoms with van der Waals surface area (Å²) in [4.78, 5) is 14.1. The zero-order chi connectivity index (χ0) is 10.7. The Morgan fingerprint density at radius 2 is 2.20 bits per heavy atom. The van der Waals surface area contributed by atoms with Gasteiger partial charge >= 0.3 is 5.97 Å². The van der Waals surface area contributed by atoms with Gasteiger partial charge in [0, 0.05) is 12.6 Å². The van der Waals surface area contributed by atoms with Crippen molar-refractivity contribution in [3.63, 3.8) is 0 Å². The number of rotatable bonds is 2. The molecule has 0 aromatic rings. The monoisotopic (exact) mass is 211 g/mol. The standard InChI is InChI=1S/C12H21NO2/c1-2-15-12(14)10-6-7-11-5-3-4-8-13(11)9-10/h10-11H,2-9H2,1H3/t10-,11+/m0/s1. The molecule has 2 saturated heterocycles. The molecule has 2 aliphatic heterocycles. The molecule has 2 rings (SSSR count). The minimum Gasteiger partial charge on any atom is -0.466 e. The van der Waals surface area contributed by atoms with Gasteiger partial charge in [0.2, 0.25) is 0 Å². The van der Waals surface area contributed by atoms with Gasteiger partial charge in [-0.25, -0.2) is 0 Å². The summed E-state index contributed by atoms with van der Waals surface area (Å²) in [6.45, 7) is 4.51. The van der Waals surface area contributed by atoms with Crippen LogP contribution >= 0.6 is 0 Å². The third-order valence-corrected chi connectivity index (χ3v) is 3.67. The van der Waals surface area contributed by atoms with Crippen LogP contribution in [0.25, 0.3) is 0 Å². The fraction of sp³-hybridized carbons (Fsp3) is 0.917. The van der Waals surface area contributed by atoms with E-state index in [1.165, 1.54) is 32.2 Å². The Balaban J connectivity index is 1.87. The predicted molar refractivity (Wildman–Crippen MR) is 58.6 cm³/mol. The lowest BCUT2D eigenvalue weighted by Crippen LogP contribution is -2.48. The van der Waals surface area contributed by atoms with Gasteiger partial charge in [-0.3, -0.25) is 9.69 Å². The lowest BCUT2D eigenvalue weighted by atomic mass is 9.87. The van der Waals surface area contributed by atoms with Gasteiger partial charge in [0.15, 0.2) is 0 Å². The number of esters is 1. The Bertz CT molecular complexity index is 230. The molecule has 0 aromatic heterocycles. The lowest BCUT2D eigenvalue weighted by Gasteiger charge is -2.41. The summed E-state index contributed by atoms with van der Waals surface area (Å²) < 4.78 is 5.10. The minimum absolute atomic E-state index is 0.0153. The van der Waals surface area contributed by atoms with Crippen molar-refractivity contribution in [2.24, 2.45) is 5.92 Å². The molecule has 2 aliphatic rings. The van der Waals surface area contributed by atoms with E-state index in [0.29, 0.717) is 6.61 Å². The quantitative estimate of drug-likeness (QED) is 0.652. The maximum atomic E-state index is 11.6. The molecule has 15 heavy (non-hydrogen) atoms. The topological polar surface area (TPSA) is 29.5 Å². The van der Waals surface area contributed by atoms with Gasteiger partial charge in [0.1, 0.15) is 0 Å². The van der Waals surface area contributed by atoms with Crippen molar-refractivity contribution in [2.75, 3.05) is 19.7 Å². The molecule has 86 valence electrons. The Morgan fingerprint density at radius 1 is 1.33 bits per heavy atom. The van der Waals surface area contributed by atoms with Crippen LogP contribution in [0.15, 0.2) is 0 Å². The lowest BCUT2D eigenvalue weighted by molar-refractivity contribution is -0.150. The fourth-order valence-corrected chi connectivity index (χ4v) is 2.85. The summed E-state index contributed by atoms with van der Waals surface area (Å²) in [6.07, 6.45) is 6.20. The molecule has 0 aromatic carbocycles. The first-order valence-electron chi connectivity index (χ1n) is 6.22. The molecule has 2 heterocycles. The third-order valence-electron chi connectivity index (χ3n) is 3.67. The van der Waals surface area contributed by atoms with Crippen LogP contribution in [-0.2, 0) is 9.53 Å². The van der Waals surface area contributed by atoms with Crippen molar-refractivity contribution in [1.82, 2.24) is 4.90 Å². The molecule has 0 bridgehead atoms. The summed E-state index contributed by atoms with van der Waals surface area (Å²) in [5.74, 6) is 0.154. The molecule has 0 unspecified atom stereocenters. The van der Waals surface area contributed by atoms with Gasteiger partial charge in [-0.15, -0.1) is 0 Å². The van der Waals surface area contributed by atoms with E-state index in [-0.39, 0.29) is 11.9 Å². The van der Waals surface area contributed by atoms with Crippen molar-refractivity contribution >= 4 is 5.97 Å². The molecular weight excluding hydrogens is 190 g/mol. The van der Waals surface area contributed by atoms with Gasteiger partial charge in [0.25, 0.3) is 0 Å². The predicted octanol–water partition coefficient (Wildman–Crippen LogP) is 1.81. The summed E-state index contributed by atoms with van der Waals surface area (Å²) in [5, 5.41) is 0. The molecular formula is C12H21NO2. The van der Waals surface area contributed by atoms with Crippen molar-refractivity contribution in [1.29, 1.82) is 0 Å². The van der Waals surface area contributed by atoms with Crippen LogP contribution < -0.4 is 0 Å². The van der Waals surface area contributed by atoms with Gasteiger partial charge in [-0.1, -0.05) is 6.42 Å². The molecule has 0 spiro atoms. The molecule has 0 N–H and O–H groups in total. The van der Waals surface area contributed by atoms with E-state index in [2.05, 4.69) is 4.90 Å². The average Bonchev–Trinajstić information content (AvgIpc) is 2.29. The van der Waals surface area contributed by atoms with Gasteiger partial charge < -0.3 is 4.74 Å². The summed E-state index contributed by atoms with van der Waals surface area (Å²) in [7, 11) is 0. The molecule has 0 amide bonds. The number of hydrogen-bond acceptors (Lipinski definition) is 3. The number of carbonyl (C=O) groups excluding carboxylic acids is 1. The Labute approximate surface area is 91.8 Å². The van der Waals surface area contributed by atoms with Crippen LogP contribution in [0.5, 0.6) is 0 Å². The number of piperidine rings is 2. The zero-order valence-electron chi connectivity index (χ0n) is 9.58. The maximum absolute atomic E-state index is 11.6. The van der Waals surface area contributed by atoms with E-state index in [4.69, 9.17) is 4.74 Å². The van der Waals surface area contributed by atoms with Gasteiger partial charge in [-0.2, -0.15) is 0 Å². The molecule has 0 radical (unpaired) electrons. The van der Waals surface area contributed by atoms with Crippen molar-refractivity contribution in [3.05, 3.63) is 0 Å². The highest BCUT2D eigenvalue weighted by atomic mass is 16.5. The van der Waals surface area contributed by atoms with Crippen molar-refractivity contribution < 1.29 is 9.53 Å². The minimum atomic E-state index is 0.0153. The van der Waals surface area contributed by atoms with E-state index in [0.717, 1.165) is 19.0 Å². The Kier molecular flexibility index (Phi) is 3.62. The van der Waals surface area contributed by atoms with E-state index < -0.39 is 0 Å². The highest BCUT2D eigenvalue weighted by Crippen LogP contribution is 2.29. The van der Waals surface area contributed by atoms with Gasteiger partial charge in [0.05, 0.1) is 12.5 Å². The van der Waals surface area contributed by atoms with E-state index in [1.54, 1.807) is 0 Å². The highest BCUT2D eigenvalue weighted by molar-refractivity contribution is 5.72. The maximum Gasteiger partial charge on any atom is 0.310 e. The van der Waals surface area contributed by atoms with Crippen LogP contribution in [0.2, 0.25) is 0 Å². The number of carbonyl (C=O) groups is 1. The van der Waals surface area contributed by atoms with Crippen LogP contribution in [-0.4, -0.2) is 36.6 Å². The first kappa shape index (κ1) is 10.9. The summed E-state index contributed by atoms with van der Waals surface area (Å²) in [6, 6.07) is 0.754. The van der Waals surface area contributed by atoms with E-state index in [9.17, 15) is 4.79 Å². The zero-order valence-corrected chi connectivity index (χ0v) is 9.58. The second-order valence-corrected chi connectivity index (χ2v) is 4.67. The first-order chi connectivity index (χ1) is 7.31. The van der Waals surface area contributed by atoms with E-state index in [1.807, 2.05) is 6.92 Å². The van der Waals surface area contributed by atoms with E-state index >= 15 is 0 Å². The molecule has 0 aliphatic carbocycles. The number of nitrogens with zero attached hydrogens (tertiary/aromatic N) is 1. The number of ether oxygens (including phenoxy) is 1. The highest BCUT2D eigenvalue weighted by Gasteiger charge is 2.33. The fourth-order valence-electron chi connectivity index (χ4n) is 2.85. The first-order valence-corrected chi connectivity index (χ1v) is 6.22. The normalized spacial score (nSPS) is 32.1. The van der Waals surface area contributed by atoms with Crippen LogP contribution in [0.3, 0.4) is 0 Å². The molecule has 2 atom stereocenters. The molecule has 2 fully saturated rings.